The average molecular weight is 291 g/mol. The summed E-state index contributed by atoms with van der Waals surface area (Å²) in [6.07, 6.45) is 4.80. The Bertz CT molecular complexity index is 439. The van der Waals surface area contributed by atoms with Gasteiger partial charge in [-0.1, -0.05) is 31.5 Å². The van der Waals surface area contributed by atoms with E-state index in [0.29, 0.717) is 12.3 Å². The van der Waals surface area contributed by atoms with Crippen LogP contribution in [0.1, 0.15) is 39.0 Å². The molecule has 4 nitrogen and oxygen atoms in total. The zero-order valence-electron chi connectivity index (χ0n) is 12.7. The van der Waals surface area contributed by atoms with E-state index in [2.05, 4.69) is 12.2 Å². The Morgan fingerprint density at radius 3 is 2.62 bits per heavy atom. The Hall–Kier alpha value is -1.55. The maximum atomic E-state index is 11.8. The van der Waals surface area contributed by atoms with Gasteiger partial charge in [-0.05, 0) is 43.7 Å². The minimum absolute atomic E-state index is 0.0162. The fourth-order valence-corrected chi connectivity index (χ4v) is 2.78. The molecule has 0 radical (unpaired) electrons. The SMILES string of the molecule is CCC1CCC(O)(CNC(=O)COc2ccccc2)CC1. The Morgan fingerprint density at radius 1 is 1.33 bits per heavy atom. The summed E-state index contributed by atoms with van der Waals surface area (Å²) in [5, 5.41) is 13.2. The van der Waals surface area contributed by atoms with E-state index in [0.717, 1.165) is 31.6 Å². The number of nitrogens with one attached hydrogen (secondary N) is 1. The van der Waals surface area contributed by atoms with E-state index in [-0.39, 0.29) is 12.5 Å². The molecule has 4 heteroatoms. The van der Waals surface area contributed by atoms with Crippen LogP contribution in [0.4, 0.5) is 0 Å². The minimum atomic E-state index is -0.742. The number of para-hydroxylation sites is 1. The molecule has 1 aliphatic carbocycles. The van der Waals surface area contributed by atoms with E-state index in [1.54, 1.807) is 0 Å². The third-order valence-corrected chi connectivity index (χ3v) is 4.34. The molecule has 116 valence electrons. The molecule has 1 aromatic rings. The van der Waals surface area contributed by atoms with Crippen molar-refractivity contribution in [2.45, 2.75) is 44.6 Å². The summed E-state index contributed by atoms with van der Waals surface area (Å²) in [6, 6.07) is 9.25. The summed E-state index contributed by atoms with van der Waals surface area (Å²) < 4.78 is 5.38. The number of aliphatic hydroxyl groups is 1. The van der Waals surface area contributed by atoms with Crippen molar-refractivity contribution < 1.29 is 14.6 Å². The number of ether oxygens (including phenoxy) is 1. The van der Waals surface area contributed by atoms with Crippen LogP contribution >= 0.6 is 0 Å². The highest BCUT2D eigenvalue weighted by Crippen LogP contribution is 2.33. The first-order valence-electron chi connectivity index (χ1n) is 7.78. The molecule has 21 heavy (non-hydrogen) atoms. The first-order chi connectivity index (χ1) is 10.1. The molecule has 0 heterocycles. The first kappa shape index (κ1) is 15.8. The van der Waals surface area contributed by atoms with Gasteiger partial charge in [-0.25, -0.2) is 0 Å². The number of hydrogen-bond donors (Lipinski definition) is 2. The highest BCUT2D eigenvalue weighted by molar-refractivity contribution is 5.77. The van der Waals surface area contributed by atoms with E-state index in [9.17, 15) is 9.90 Å². The fourth-order valence-electron chi connectivity index (χ4n) is 2.78. The number of amides is 1. The first-order valence-corrected chi connectivity index (χ1v) is 7.78. The maximum Gasteiger partial charge on any atom is 0.258 e. The van der Waals surface area contributed by atoms with Gasteiger partial charge < -0.3 is 15.2 Å². The highest BCUT2D eigenvalue weighted by Gasteiger charge is 2.32. The number of carbonyl (C=O) groups excluding carboxylic acids is 1. The van der Waals surface area contributed by atoms with Crippen LogP contribution < -0.4 is 10.1 Å². The zero-order chi connectivity index (χ0) is 15.1. The fraction of sp³-hybridized carbons (Fsp3) is 0.588. The monoisotopic (exact) mass is 291 g/mol. The van der Waals surface area contributed by atoms with Crippen LogP contribution in [0.5, 0.6) is 5.75 Å². The lowest BCUT2D eigenvalue weighted by Gasteiger charge is -2.35. The van der Waals surface area contributed by atoms with Gasteiger partial charge >= 0.3 is 0 Å². The van der Waals surface area contributed by atoms with Gasteiger partial charge in [-0.2, -0.15) is 0 Å². The Kier molecular flexibility index (Phi) is 5.62. The van der Waals surface area contributed by atoms with Crippen molar-refractivity contribution in [3.05, 3.63) is 30.3 Å². The molecular formula is C17H25NO3. The molecule has 1 aromatic carbocycles. The van der Waals surface area contributed by atoms with Crippen molar-refractivity contribution in [1.29, 1.82) is 0 Å². The van der Waals surface area contributed by atoms with Gasteiger partial charge in [0.2, 0.25) is 0 Å². The summed E-state index contributed by atoms with van der Waals surface area (Å²) in [4.78, 5) is 11.8. The second kappa shape index (κ2) is 7.46. The third kappa shape index (κ3) is 5.05. The van der Waals surface area contributed by atoms with Crippen molar-refractivity contribution >= 4 is 5.91 Å². The number of rotatable bonds is 6. The van der Waals surface area contributed by atoms with E-state index in [1.807, 2.05) is 30.3 Å². The smallest absolute Gasteiger partial charge is 0.258 e. The summed E-state index contributed by atoms with van der Waals surface area (Å²) >= 11 is 0. The molecule has 0 bridgehead atoms. The second-order valence-corrected chi connectivity index (χ2v) is 5.95. The van der Waals surface area contributed by atoms with E-state index in [4.69, 9.17) is 4.74 Å². The molecule has 0 spiro atoms. The quantitative estimate of drug-likeness (QED) is 0.846. The highest BCUT2D eigenvalue weighted by atomic mass is 16.5. The molecule has 0 aromatic heterocycles. The molecule has 2 rings (SSSR count). The van der Waals surface area contributed by atoms with Gasteiger partial charge in [0.25, 0.3) is 5.91 Å². The lowest BCUT2D eigenvalue weighted by Crippen LogP contribution is -2.46. The standard InChI is InChI=1S/C17H25NO3/c1-2-14-8-10-17(20,11-9-14)13-18-16(19)12-21-15-6-4-3-5-7-15/h3-7,14,20H,2,8-13H2,1H3,(H,18,19). The topological polar surface area (TPSA) is 58.6 Å². The molecule has 0 saturated heterocycles. The third-order valence-electron chi connectivity index (χ3n) is 4.34. The van der Waals surface area contributed by atoms with E-state index in [1.165, 1.54) is 6.42 Å². The Balaban J connectivity index is 1.69. The molecule has 0 unspecified atom stereocenters. The van der Waals surface area contributed by atoms with Gasteiger partial charge in [0, 0.05) is 6.54 Å². The van der Waals surface area contributed by atoms with Crippen LogP contribution in [0.25, 0.3) is 0 Å². The van der Waals surface area contributed by atoms with Crippen LogP contribution in [0.2, 0.25) is 0 Å². The molecule has 1 fully saturated rings. The number of hydrogen-bond acceptors (Lipinski definition) is 3. The lowest BCUT2D eigenvalue weighted by atomic mass is 9.78. The van der Waals surface area contributed by atoms with Crippen molar-refractivity contribution in [1.82, 2.24) is 5.32 Å². The lowest BCUT2D eigenvalue weighted by molar-refractivity contribution is -0.124. The second-order valence-electron chi connectivity index (χ2n) is 5.95. The Morgan fingerprint density at radius 2 is 2.00 bits per heavy atom. The van der Waals surface area contributed by atoms with Crippen molar-refractivity contribution in [3.63, 3.8) is 0 Å². The predicted octanol–water partition coefficient (Wildman–Crippen LogP) is 2.51. The molecule has 1 saturated carbocycles. The van der Waals surface area contributed by atoms with Gasteiger partial charge in [0.15, 0.2) is 6.61 Å². The van der Waals surface area contributed by atoms with Gasteiger partial charge in [-0.3, -0.25) is 4.79 Å². The molecule has 2 N–H and O–H groups in total. The summed E-state index contributed by atoms with van der Waals surface area (Å²) in [6.45, 7) is 2.50. The van der Waals surface area contributed by atoms with E-state index >= 15 is 0 Å². The van der Waals surface area contributed by atoms with Crippen molar-refractivity contribution in [2.75, 3.05) is 13.2 Å². The average Bonchev–Trinajstić information content (AvgIpc) is 2.53. The number of benzene rings is 1. The van der Waals surface area contributed by atoms with Crippen LogP contribution in [0.3, 0.4) is 0 Å². The van der Waals surface area contributed by atoms with Gasteiger partial charge in [-0.15, -0.1) is 0 Å². The molecular weight excluding hydrogens is 266 g/mol. The summed E-state index contributed by atoms with van der Waals surface area (Å²) in [5.41, 5.74) is -0.742. The Labute approximate surface area is 126 Å². The van der Waals surface area contributed by atoms with Gasteiger partial charge in [0.05, 0.1) is 5.60 Å². The number of carbonyl (C=O) groups is 1. The largest absolute Gasteiger partial charge is 0.484 e. The summed E-state index contributed by atoms with van der Waals surface area (Å²) in [7, 11) is 0. The van der Waals surface area contributed by atoms with Gasteiger partial charge in [0.1, 0.15) is 5.75 Å². The molecule has 1 amide bonds. The normalized spacial score (nSPS) is 25.3. The summed E-state index contributed by atoms with van der Waals surface area (Å²) in [5.74, 6) is 1.21. The molecule has 1 aliphatic rings. The van der Waals surface area contributed by atoms with Crippen LogP contribution in [-0.4, -0.2) is 29.8 Å². The molecule has 0 atom stereocenters. The van der Waals surface area contributed by atoms with Crippen LogP contribution in [0.15, 0.2) is 30.3 Å². The van der Waals surface area contributed by atoms with Crippen molar-refractivity contribution in [2.24, 2.45) is 5.92 Å². The van der Waals surface area contributed by atoms with Crippen LogP contribution in [-0.2, 0) is 4.79 Å². The van der Waals surface area contributed by atoms with E-state index < -0.39 is 5.60 Å². The zero-order valence-corrected chi connectivity index (χ0v) is 12.7. The van der Waals surface area contributed by atoms with Crippen LogP contribution in [0, 0.1) is 5.92 Å². The predicted molar refractivity (Wildman–Crippen MR) is 82.1 cm³/mol. The maximum absolute atomic E-state index is 11.8. The minimum Gasteiger partial charge on any atom is -0.484 e. The van der Waals surface area contributed by atoms with Crippen molar-refractivity contribution in [3.8, 4) is 5.75 Å². The molecule has 0 aliphatic heterocycles.